The van der Waals surface area contributed by atoms with Crippen molar-refractivity contribution in [3.05, 3.63) is 47.8 Å². The van der Waals surface area contributed by atoms with Crippen molar-refractivity contribution in [2.75, 3.05) is 11.9 Å². The summed E-state index contributed by atoms with van der Waals surface area (Å²) in [6.45, 7) is 3.33. The highest BCUT2D eigenvalue weighted by molar-refractivity contribution is 5.39. The van der Waals surface area contributed by atoms with Gasteiger partial charge in [-0.05, 0) is 24.1 Å². The summed E-state index contributed by atoms with van der Waals surface area (Å²) in [5, 5.41) is 11.9. The molecule has 2 aromatic rings. The molecule has 5 nitrogen and oxygen atoms in total. The molecular weight excluding hydrogens is 252 g/mol. The molecule has 20 heavy (non-hydrogen) atoms. The first-order valence-corrected chi connectivity index (χ1v) is 6.49. The lowest BCUT2D eigenvalue weighted by molar-refractivity contribution is 0.305. The van der Waals surface area contributed by atoms with Crippen molar-refractivity contribution < 1.29 is 4.74 Å². The Morgan fingerprint density at radius 1 is 1.25 bits per heavy atom. The molecule has 1 N–H and O–H groups in total. The lowest BCUT2D eigenvalue weighted by Gasteiger charge is -2.07. The van der Waals surface area contributed by atoms with E-state index in [9.17, 15) is 0 Å². The average molecular weight is 268 g/mol. The van der Waals surface area contributed by atoms with E-state index in [1.165, 1.54) is 6.33 Å². The highest BCUT2D eigenvalue weighted by atomic mass is 16.5. The van der Waals surface area contributed by atoms with Crippen molar-refractivity contribution in [3.63, 3.8) is 0 Å². The Hall–Kier alpha value is -2.61. The predicted molar refractivity (Wildman–Crippen MR) is 76.3 cm³/mol. The molecule has 0 saturated heterocycles. The minimum Gasteiger partial charge on any atom is -0.478 e. The zero-order valence-corrected chi connectivity index (χ0v) is 11.3. The van der Waals surface area contributed by atoms with Crippen molar-refractivity contribution in [3.8, 4) is 11.9 Å². The zero-order chi connectivity index (χ0) is 14.2. The monoisotopic (exact) mass is 268 g/mol. The first-order valence-electron chi connectivity index (χ1n) is 6.49. The molecule has 0 saturated carbocycles. The van der Waals surface area contributed by atoms with Gasteiger partial charge in [0.25, 0.3) is 0 Å². The van der Waals surface area contributed by atoms with Crippen molar-refractivity contribution in [1.29, 1.82) is 5.26 Å². The standard InChI is InChI=1S/C15H16N4O/c1-2-7-20-15-8-14(18-11-19-15)17-10-13-5-3-12(9-16)4-6-13/h3-6,8,11H,2,7,10H2,1H3,(H,17,18,19). The highest BCUT2D eigenvalue weighted by Crippen LogP contribution is 2.12. The van der Waals surface area contributed by atoms with Gasteiger partial charge in [0.15, 0.2) is 0 Å². The van der Waals surface area contributed by atoms with E-state index in [1.54, 1.807) is 18.2 Å². The fourth-order valence-corrected chi connectivity index (χ4v) is 1.61. The Morgan fingerprint density at radius 2 is 2.05 bits per heavy atom. The fourth-order valence-electron chi connectivity index (χ4n) is 1.61. The number of ether oxygens (including phenoxy) is 1. The van der Waals surface area contributed by atoms with Gasteiger partial charge >= 0.3 is 0 Å². The average Bonchev–Trinajstić information content (AvgIpc) is 2.52. The summed E-state index contributed by atoms with van der Waals surface area (Å²) in [7, 11) is 0. The topological polar surface area (TPSA) is 70.8 Å². The number of rotatable bonds is 6. The van der Waals surface area contributed by atoms with Crippen LogP contribution >= 0.6 is 0 Å². The smallest absolute Gasteiger partial charge is 0.218 e. The molecule has 0 bridgehead atoms. The van der Waals surface area contributed by atoms with Crippen molar-refractivity contribution in [2.45, 2.75) is 19.9 Å². The Morgan fingerprint density at radius 3 is 2.75 bits per heavy atom. The van der Waals surface area contributed by atoms with Gasteiger partial charge in [0, 0.05) is 12.6 Å². The van der Waals surface area contributed by atoms with Gasteiger partial charge in [-0.1, -0.05) is 19.1 Å². The summed E-state index contributed by atoms with van der Waals surface area (Å²) < 4.78 is 5.45. The summed E-state index contributed by atoms with van der Waals surface area (Å²) in [4.78, 5) is 8.19. The van der Waals surface area contributed by atoms with Crippen LogP contribution in [0, 0.1) is 11.3 Å². The maximum atomic E-state index is 8.74. The van der Waals surface area contributed by atoms with E-state index in [2.05, 4.69) is 21.4 Å². The van der Waals surface area contributed by atoms with Crippen LogP contribution in [-0.2, 0) is 6.54 Å². The van der Waals surface area contributed by atoms with Crippen LogP contribution in [0.3, 0.4) is 0 Å². The van der Waals surface area contributed by atoms with Gasteiger partial charge in [-0.2, -0.15) is 5.26 Å². The van der Waals surface area contributed by atoms with Crippen LogP contribution in [0.5, 0.6) is 5.88 Å². The molecule has 0 amide bonds. The molecule has 102 valence electrons. The van der Waals surface area contributed by atoms with Crippen molar-refractivity contribution >= 4 is 5.82 Å². The molecule has 5 heteroatoms. The fraction of sp³-hybridized carbons (Fsp3) is 0.267. The van der Waals surface area contributed by atoms with Crippen molar-refractivity contribution in [1.82, 2.24) is 9.97 Å². The summed E-state index contributed by atoms with van der Waals surface area (Å²) in [6.07, 6.45) is 2.42. The third-order valence-electron chi connectivity index (χ3n) is 2.65. The normalized spacial score (nSPS) is 9.80. The molecule has 0 aliphatic carbocycles. The predicted octanol–water partition coefficient (Wildman–Crippen LogP) is 2.75. The number of anilines is 1. The van der Waals surface area contributed by atoms with E-state index < -0.39 is 0 Å². The maximum Gasteiger partial charge on any atom is 0.218 e. The number of nitriles is 1. The van der Waals surface area contributed by atoms with Crippen LogP contribution in [0.1, 0.15) is 24.5 Å². The van der Waals surface area contributed by atoms with Gasteiger partial charge in [-0.25, -0.2) is 9.97 Å². The van der Waals surface area contributed by atoms with Crippen molar-refractivity contribution in [2.24, 2.45) is 0 Å². The third-order valence-corrected chi connectivity index (χ3v) is 2.65. The molecule has 0 spiro atoms. The minimum absolute atomic E-state index is 0.573. The quantitative estimate of drug-likeness (QED) is 0.872. The number of benzene rings is 1. The SMILES string of the molecule is CCCOc1cc(NCc2ccc(C#N)cc2)ncn1. The number of aromatic nitrogens is 2. The third kappa shape index (κ3) is 3.95. The van der Waals surface area contributed by atoms with Crippen LogP contribution in [0.25, 0.3) is 0 Å². The van der Waals surface area contributed by atoms with Crippen LogP contribution in [0.15, 0.2) is 36.7 Å². The van der Waals surface area contributed by atoms with Gasteiger partial charge in [-0.3, -0.25) is 0 Å². The number of hydrogen-bond donors (Lipinski definition) is 1. The first kappa shape index (κ1) is 13.8. The van der Waals surface area contributed by atoms with Crippen LogP contribution in [0.2, 0.25) is 0 Å². The van der Waals surface area contributed by atoms with Gasteiger partial charge in [0.05, 0.1) is 18.2 Å². The van der Waals surface area contributed by atoms with Gasteiger partial charge in [0.2, 0.25) is 5.88 Å². The summed E-state index contributed by atoms with van der Waals surface area (Å²) in [5.41, 5.74) is 1.74. The van der Waals surface area contributed by atoms with E-state index in [-0.39, 0.29) is 0 Å². The number of nitrogens with one attached hydrogen (secondary N) is 1. The van der Waals surface area contributed by atoms with E-state index in [0.717, 1.165) is 17.8 Å². The molecule has 0 aliphatic heterocycles. The summed E-state index contributed by atoms with van der Waals surface area (Å²) >= 11 is 0. The Kier molecular flexibility index (Phi) is 4.90. The van der Waals surface area contributed by atoms with E-state index in [0.29, 0.717) is 24.6 Å². The summed E-state index contributed by atoms with van der Waals surface area (Å²) in [6, 6.07) is 11.3. The van der Waals surface area contributed by atoms with Gasteiger partial charge in [0.1, 0.15) is 12.1 Å². The second-order valence-corrected chi connectivity index (χ2v) is 4.25. The van der Waals surface area contributed by atoms with Crippen LogP contribution in [-0.4, -0.2) is 16.6 Å². The Labute approximate surface area is 118 Å². The first-order chi connectivity index (χ1) is 9.81. The van der Waals surface area contributed by atoms with E-state index >= 15 is 0 Å². The molecule has 1 aromatic carbocycles. The van der Waals surface area contributed by atoms with E-state index in [4.69, 9.17) is 10.00 Å². The minimum atomic E-state index is 0.573. The van der Waals surface area contributed by atoms with Gasteiger partial charge in [-0.15, -0.1) is 0 Å². The largest absolute Gasteiger partial charge is 0.478 e. The van der Waals surface area contributed by atoms with Gasteiger partial charge < -0.3 is 10.1 Å². The molecular formula is C15H16N4O. The van der Waals surface area contributed by atoms with Crippen LogP contribution < -0.4 is 10.1 Å². The highest BCUT2D eigenvalue weighted by Gasteiger charge is 2.00. The molecule has 0 radical (unpaired) electrons. The molecule has 0 atom stereocenters. The second-order valence-electron chi connectivity index (χ2n) is 4.25. The summed E-state index contributed by atoms with van der Waals surface area (Å²) in [5.74, 6) is 1.29. The lowest BCUT2D eigenvalue weighted by atomic mass is 10.1. The molecule has 1 heterocycles. The molecule has 1 aromatic heterocycles. The lowest BCUT2D eigenvalue weighted by Crippen LogP contribution is -2.03. The van der Waals surface area contributed by atoms with Crippen LogP contribution in [0.4, 0.5) is 5.82 Å². The molecule has 0 fully saturated rings. The maximum absolute atomic E-state index is 8.74. The zero-order valence-electron chi connectivity index (χ0n) is 11.3. The number of hydrogen-bond acceptors (Lipinski definition) is 5. The molecule has 2 rings (SSSR count). The Balaban J connectivity index is 1.94. The molecule has 0 aliphatic rings. The van der Waals surface area contributed by atoms with E-state index in [1.807, 2.05) is 19.1 Å². The Bertz CT molecular complexity index is 590. The number of nitrogens with zero attached hydrogens (tertiary/aromatic N) is 3. The molecule has 0 unspecified atom stereocenters. The second kappa shape index (κ2) is 7.10.